The van der Waals surface area contributed by atoms with Gasteiger partial charge in [-0.05, 0) is 11.6 Å². The molecule has 6 heteroatoms. The third-order valence-corrected chi connectivity index (χ3v) is 5.30. The van der Waals surface area contributed by atoms with Gasteiger partial charge in [0, 0.05) is 55.4 Å². The highest BCUT2D eigenvalue weighted by molar-refractivity contribution is 7.09. The molecule has 3 heterocycles. The molecule has 1 saturated heterocycles. The number of thiazole rings is 1. The van der Waals surface area contributed by atoms with Crippen molar-refractivity contribution in [2.75, 3.05) is 19.6 Å². The van der Waals surface area contributed by atoms with Crippen molar-refractivity contribution in [3.05, 3.63) is 46.2 Å². The lowest BCUT2D eigenvalue weighted by atomic mass is 9.98. The SMILES string of the molecule is CC(C)(C)c1nc(CN2CCNCC2c2cccnc2)cs1.Cl. The highest BCUT2D eigenvalue weighted by Gasteiger charge is 2.25. The third-order valence-electron chi connectivity index (χ3n) is 3.98. The molecule has 1 fully saturated rings. The van der Waals surface area contributed by atoms with Crippen molar-refractivity contribution < 1.29 is 0 Å². The Morgan fingerprint density at radius 2 is 2.22 bits per heavy atom. The predicted molar refractivity (Wildman–Crippen MR) is 98.3 cm³/mol. The number of hydrogen-bond acceptors (Lipinski definition) is 5. The molecular weight excluding hydrogens is 328 g/mol. The minimum atomic E-state index is 0. The smallest absolute Gasteiger partial charge is 0.0982 e. The van der Waals surface area contributed by atoms with Gasteiger partial charge in [0.15, 0.2) is 0 Å². The van der Waals surface area contributed by atoms with E-state index in [1.807, 2.05) is 18.5 Å². The van der Waals surface area contributed by atoms with Crippen LogP contribution in [0.3, 0.4) is 0 Å². The zero-order chi connectivity index (χ0) is 15.6. The van der Waals surface area contributed by atoms with E-state index in [2.05, 4.69) is 47.4 Å². The predicted octanol–water partition coefficient (Wildman–Crippen LogP) is 3.40. The Labute approximate surface area is 148 Å². The van der Waals surface area contributed by atoms with Crippen molar-refractivity contribution in [3.8, 4) is 0 Å². The van der Waals surface area contributed by atoms with Crippen LogP contribution in [0.4, 0.5) is 0 Å². The fraction of sp³-hybridized carbons (Fsp3) is 0.529. The standard InChI is InChI=1S/C17H24N4S.ClH/c1-17(2,3)16-20-14(12-22-16)11-21-8-7-19-10-15(21)13-5-4-6-18-9-13;/h4-6,9,12,15,19H,7-8,10-11H2,1-3H3;1H. The van der Waals surface area contributed by atoms with E-state index in [-0.39, 0.29) is 17.8 Å². The zero-order valence-corrected chi connectivity index (χ0v) is 15.6. The number of halogens is 1. The molecule has 0 spiro atoms. The molecule has 23 heavy (non-hydrogen) atoms. The molecule has 1 unspecified atom stereocenters. The summed E-state index contributed by atoms with van der Waals surface area (Å²) in [6.45, 7) is 10.6. The van der Waals surface area contributed by atoms with E-state index in [9.17, 15) is 0 Å². The van der Waals surface area contributed by atoms with Gasteiger partial charge in [-0.3, -0.25) is 9.88 Å². The van der Waals surface area contributed by atoms with Crippen molar-refractivity contribution in [1.82, 2.24) is 20.2 Å². The van der Waals surface area contributed by atoms with Crippen LogP contribution in [-0.2, 0) is 12.0 Å². The minimum absolute atomic E-state index is 0. The van der Waals surface area contributed by atoms with Crippen molar-refractivity contribution in [1.29, 1.82) is 0 Å². The van der Waals surface area contributed by atoms with Gasteiger partial charge in [-0.1, -0.05) is 26.8 Å². The lowest BCUT2D eigenvalue weighted by molar-refractivity contribution is 0.152. The summed E-state index contributed by atoms with van der Waals surface area (Å²) in [6, 6.07) is 4.56. The molecule has 1 atom stereocenters. The Hall–Kier alpha value is -1.01. The van der Waals surface area contributed by atoms with Gasteiger partial charge < -0.3 is 5.32 Å². The molecule has 0 radical (unpaired) electrons. The summed E-state index contributed by atoms with van der Waals surface area (Å²) in [5.74, 6) is 0. The fourth-order valence-corrected chi connectivity index (χ4v) is 3.67. The number of pyridine rings is 1. The third kappa shape index (κ3) is 4.51. The van der Waals surface area contributed by atoms with Crippen LogP contribution >= 0.6 is 23.7 Å². The minimum Gasteiger partial charge on any atom is -0.314 e. The first kappa shape index (κ1) is 18.3. The Morgan fingerprint density at radius 3 is 2.87 bits per heavy atom. The summed E-state index contributed by atoms with van der Waals surface area (Å²) < 4.78 is 0. The molecule has 0 aromatic carbocycles. The quantitative estimate of drug-likeness (QED) is 0.919. The summed E-state index contributed by atoms with van der Waals surface area (Å²) in [4.78, 5) is 11.6. The van der Waals surface area contributed by atoms with Crippen LogP contribution in [-0.4, -0.2) is 34.5 Å². The van der Waals surface area contributed by atoms with Crippen LogP contribution in [0.25, 0.3) is 0 Å². The van der Waals surface area contributed by atoms with Gasteiger partial charge in [0.2, 0.25) is 0 Å². The van der Waals surface area contributed by atoms with Crippen molar-refractivity contribution >= 4 is 23.7 Å². The highest BCUT2D eigenvalue weighted by Crippen LogP contribution is 2.28. The van der Waals surface area contributed by atoms with Crippen LogP contribution < -0.4 is 5.32 Å². The summed E-state index contributed by atoms with van der Waals surface area (Å²) in [5, 5.41) is 6.92. The molecule has 1 N–H and O–H groups in total. The van der Waals surface area contributed by atoms with Crippen LogP contribution in [0.1, 0.15) is 43.1 Å². The Bertz CT molecular complexity index is 609. The highest BCUT2D eigenvalue weighted by atomic mass is 35.5. The molecule has 0 saturated carbocycles. The molecule has 4 nitrogen and oxygen atoms in total. The number of rotatable bonds is 3. The topological polar surface area (TPSA) is 41.1 Å². The van der Waals surface area contributed by atoms with Gasteiger partial charge in [0.25, 0.3) is 0 Å². The number of nitrogens with zero attached hydrogens (tertiary/aromatic N) is 3. The second kappa shape index (κ2) is 7.71. The maximum Gasteiger partial charge on any atom is 0.0982 e. The summed E-state index contributed by atoms with van der Waals surface area (Å²) >= 11 is 1.78. The van der Waals surface area contributed by atoms with E-state index >= 15 is 0 Å². The molecule has 2 aromatic heterocycles. The normalized spacial score (nSPS) is 19.3. The van der Waals surface area contributed by atoms with E-state index in [0.29, 0.717) is 6.04 Å². The first-order valence-electron chi connectivity index (χ1n) is 7.83. The average Bonchev–Trinajstić information content (AvgIpc) is 2.97. The van der Waals surface area contributed by atoms with Gasteiger partial charge in [0.1, 0.15) is 0 Å². The molecule has 3 rings (SSSR count). The number of nitrogens with one attached hydrogen (secondary N) is 1. The number of hydrogen-bond donors (Lipinski definition) is 1. The first-order valence-corrected chi connectivity index (χ1v) is 8.71. The van der Waals surface area contributed by atoms with Crippen molar-refractivity contribution in [3.63, 3.8) is 0 Å². The van der Waals surface area contributed by atoms with Gasteiger partial charge >= 0.3 is 0 Å². The van der Waals surface area contributed by atoms with E-state index in [0.717, 1.165) is 26.2 Å². The van der Waals surface area contributed by atoms with E-state index < -0.39 is 0 Å². The Morgan fingerprint density at radius 1 is 1.39 bits per heavy atom. The maximum atomic E-state index is 4.84. The van der Waals surface area contributed by atoms with E-state index in [1.54, 1.807) is 11.3 Å². The first-order chi connectivity index (χ1) is 10.5. The van der Waals surface area contributed by atoms with Crippen LogP contribution in [0, 0.1) is 0 Å². The molecule has 2 aromatic rings. The molecular formula is C17H25ClN4S. The maximum absolute atomic E-state index is 4.84. The molecule has 0 amide bonds. The average molecular weight is 353 g/mol. The second-order valence-corrected chi connectivity index (χ2v) is 7.73. The summed E-state index contributed by atoms with van der Waals surface area (Å²) in [6.07, 6.45) is 3.81. The molecule has 126 valence electrons. The number of aromatic nitrogens is 2. The van der Waals surface area contributed by atoms with Crippen molar-refractivity contribution in [2.45, 2.75) is 38.8 Å². The Balaban J connectivity index is 0.00000192. The lowest BCUT2D eigenvalue weighted by Crippen LogP contribution is -2.45. The van der Waals surface area contributed by atoms with E-state index in [4.69, 9.17) is 4.98 Å². The van der Waals surface area contributed by atoms with Gasteiger partial charge in [-0.2, -0.15) is 0 Å². The molecule has 1 aliphatic rings. The molecule has 0 bridgehead atoms. The van der Waals surface area contributed by atoms with E-state index in [1.165, 1.54) is 16.3 Å². The zero-order valence-electron chi connectivity index (χ0n) is 14.0. The summed E-state index contributed by atoms with van der Waals surface area (Å²) in [5.41, 5.74) is 2.60. The van der Waals surface area contributed by atoms with Gasteiger partial charge in [0.05, 0.1) is 10.7 Å². The molecule has 0 aliphatic carbocycles. The Kier molecular flexibility index (Phi) is 6.14. The molecule has 1 aliphatic heterocycles. The lowest BCUT2D eigenvalue weighted by Gasteiger charge is -2.35. The van der Waals surface area contributed by atoms with Crippen LogP contribution in [0.2, 0.25) is 0 Å². The largest absolute Gasteiger partial charge is 0.314 e. The van der Waals surface area contributed by atoms with Gasteiger partial charge in [-0.25, -0.2) is 4.98 Å². The van der Waals surface area contributed by atoms with Crippen molar-refractivity contribution in [2.24, 2.45) is 0 Å². The monoisotopic (exact) mass is 352 g/mol. The fourth-order valence-electron chi connectivity index (χ4n) is 2.77. The van der Waals surface area contributed by atoms with Gasteiger partial charge in [-0.15, -0.1) is 23.7 Å². The van der Waals surface area contributed by atoms with Crippen LogP contribution in [0.5, 0.6) is 0 Å². The second-order valence-electron chi connectivity index (χ2n) is 6.87. The number of piperazine rings is 1. The van der Waals surface area contributed by atoms with Crippen LogP contribution in [0.15, 0.2) is 29.9 Å². The summed E-state index contributed by atoms with van der Waals surface area (Å²) in [7, 11) is 0.